The smallest absolute Gasteiger partial charge is 0.228 e. The third-order valence-corrected chi connectivity index (χ3v) is 5.69. The van der Waals surface area contributed by atoms with Crippen LogP contribution < -0.4 is 5.32 Å². The van der Waals surface area contributed by atoms with E-state index in [0.29, 0.717) is 18.9 Å². The van der Waals surface area contributed by atoms with Crippen molar-refractivity contribution in [3.05, 3.63) is 11.8 Å². The van der Waals surface area contributed by atoms with Gasteiger partial charge in [-0.2, -0.15) is 0 Å². The molecule has 0 bridgehead atoms. The highest BCUT2D eigenvalue weighted by Crippen LogP contribution is 2.35. The lowest BCUT2D eigenvalue weighted by atomic mass is 9.85. The molecule has 1 saturated heterocycles. The van der Waals surface area contributed by atoms with Crippen molar-refractivity contribution >= 4 is 11.8 Å². The number of amides is 2. The normalized spacial score (nSPS) is 25.5. The van der Waals surface area contributed by atoms with Crippen molar-refractivity contribution in [2.75, 3.05) is 13.1 Å². The first kappa shape index (κ1) is 16.5. The molecule has 4 heteroatoms. The van der Waals surface area contributed by atoms with Gasteiger partial charge in [0.25, 0.3) is 0 Å². The van der Waals surface area contributed by atoms with Crippen LogP contribution in [0.3, 0.4) is 0 Å². The number of nitrogens with one attached hydrogen (secondary N) is 1. The van der Waals surface area contributed by atoms with Gasteiger partial charge in [-0.1, -0.05) is 25.3 Å². The fraction of sp³-hybridized carbons (Fsp3) is 0.789. The third-order valence-electron chi connectivity index (χ3n) is 5.69. The van der Waals surface area contributed by atoms with Gasteiger partial charge in [0.1, 0.15) is 0 Å². The number of fused-ring (bicyclic) bond motifs is 1. The first-order valence-electron chi connectivity index (χ1n) is 9.54. The van der Waals surface area contributed by atoms with Gasteiger partial charge in [0.2, 0.25) is 11.8 Å². The zero-order valence-corrected chi connectivity index (χ0v) is 14.2. The highest BCUT2D eigenvalue weighted by molar-refractivity contribution is 5.81. The number of carbonyl (C=O) groups is 2. The van der Waals surface area contributed by atoms with E-state index in [9.17, 15) is 9.59 Å². The van der Waals surface area contributed by atoms with Gasteiger partial charge < -0.3 is 10.2 Å². The van der Waals surface area contributed by atoms with E-state index >= 15 is 0 Å². The maximum absolute atomic E-state index is 12.5. The van der Waals surface area contributed by atoms with Crippen LogP contribution in [0.15, 0.2) is 11.8 Å². The monoisotopic (exact) mass is 318 g/mol. The molecule has 0 radical (unpaired) electrons. The third kappa shape index (κ3) is 4.15. The molecule has 4 nitrogen and oxygen atoms in total. The average molecular weight is 318 g/mol. The maximum atomic E-state index is 12.5. The molecule has 1 unspecified atom stereocenters. The van der Waals surface area contributed by atoms with Gasteiger partial charge in [-0.3, -0.25) is 9.59 Å². The van der Waals surface area contributed by atoms with Crippen LogP contribution in [0.2, 0.25) is 0 Å². The van der Waals surface area contributed by atoms with Crippen LogP contribution in [-0.2, 0) is 9.59 Å². The summed E-state index contributed by atoms with van der Waals surface area (Å²) < 4.78 is 0. The van der Waals surface area contributed by atoms with Gasteiger partial charge in [-0.05, 0) is 50.9 Å². The van der Waals surface area contributed by atoms with E-state index in [-0.39, 0.29) is 17.7 Å². The Morgan fingerprint density at radius 1 is 1.04 bits per heavy atom. The molecule has 2 amide bonds. The average Bonchev–Trinajstić information content (AvgIpc) is 2.61. The van der Waals surface area contributed by atoms with Crippen LogP contribution in [0.25, 0.3) is 0 Å². The summed E-state index contributed by atoms with van der Waals surface area (Å²) in [7, 11) is 0. The van der Waals surface area contributed by atoms with E-state index in [1.165, 1.54) is 44.2 Å². The highest BCUT2D eigenvalue weighted by atomic mass is 16.2. The zero-order valence-electron chi connectivity index (χ0n) is 14.2. The van der Waals surface area contributed by atoms with Crippen LogP contribution >= 0.6 is 0 Å². The topological polar surface area (TPSA) is 49.4 Å². The van der Waals surface area contributed by atoms with Crippen molar-refractivity contribution in [2.24, 2.45) is 11.8 Å². The maximum Gasteiger partial charge on any atom is 0.228 e. The van der Waals surface area contributed by atoms with Gasteiger partial charge in [0.15, 0.2) is 0 Å². The van der Waals surface area contributed by atoms with E-state index in [4.69, 9.17) is 0 Å². The Morgan fingerprint density at radius 3 is 2.65 bits per heavy atom. The van der Waals surface area contributed by atoms with Gasteiger partial charge in [-0.15, -0.1) is 0 Å². The van der Waals surface area contributed by atoms with Crippen LogP contribution in [0, 0.1) is 11.8 Å². The molecule has 2 aliphatic carbocycles. The Balaban J connectivity index is 1.45. The summed E-state index contributed by atoms with van der Waals surface area (Å²) in [4.78, 5) is 26.7. The molecule has 1 aliphatic heterocycles. The highest BCUT2D eigenvalue weighted by Gasteiger charge is 2.30. The molecule has 3 rings (SSSR count). The molecule has 23 heavy (non-hydrogen) atoms. The number of hydrogen-bond donors (Lipinski definition) is 1. The lowest BCUT2D eigenvalue weighted by Crippen LogP contribution is -2.41. The summed E-state index contributed by atoms with van der Waals surface area (Å²) in [5, 5.41) is 2.99. The number of piperidine rings is 1. The Hall–Kier alpha value is -1.32. The van der Waals surface area contributed by atoms with Crippen molar-refractivity contribution in [1.82, 2.24) is 10.2 Å². The Labute approximate surface area is 139 Å². The Bertz CT molecular complexity index is 466. The molecular weight excluding hydrogens is 288 g/mol. The van der Waals surface area contributed by atoms with E-state index in [2.05, 4.69) is 11.4 Å². The van der Waals surface area contributed by atoms with E-state index < -0.39 is 0 Å². The fourth-order valence-corrected chi connectivity index (χ4v) is 4.38. The van der Waals surface area contributed by atoms with Crippen molar-refractivity contribution in [2.45, 2.75) is 70.6 Å². The zero-order chi connectivity index (χ0) is 16.1. The second kappa shape index (κ2) is 7.98. The summed E-state index contributed by atoms with van der Waals surface area (Å²) in [6.45, 7) is 1.35. The molecule has 0 aromatic rings. The standard InChI is InChI=1S/C19H30N2O2/c22-18(12-13-20-19(23)16-8-2-1-3-9-16)21-14-6-10-15-7-4-5-11-17(15)21/h11,15-16H,1-10,12-14H2,(H,20,23). The summed E-state index contributed by atoms with van der Waals surface area (Å²) in [6, 6.07) is 0. The summed E-state index contributed by atoms with van der Waals surface area (Å²) in [5.74, 6) is 1.12. The molecule has 0 aromatic carbocycles. The molecule has 2 fully saturated rings. The molecule has 0 spiro atoms. The second-order valence-corrected chi connectivity index (χ2v) is 7.32. The quantitative estimate of drug-likeness (QED) is 0.864. The molecule has 128 valence electrons. The molecule has 1 saturated carbocycles. The van der Waals surface area contributed by atoms with Crippen LogP contribution in [0.4, 0.5) is 0 Å². The van der Waals surface area contributed by atoms with Crippen molar-refractivity contribution in [3.63, 3.8) is 0 Å². The number of rotatable bonds is 4. The molecule has 0 aromatic heterocycles. The summed E-state index contributed by atoms with van der Waals surface area (Å²) in [5.41, 5.74) is 1.27. The lowest BCUT2D eigenvalue weighted by molar-refractivity contribution is -0.131. The minimum atomic E-state index is 0.158. The predicted octanol–water partition coefficient (Wildman–Crippen LogP) is 3.38. The molecule has 1 atom stereocenters. The van der Waals surface area contributed by atoms with Gasteiger partial charge in [0.05, 0.1) is 0 Å². The van der Waals surface area contributed by atoms with Crippen molar-refractivity contribution in [3.8, 4) is 0 Å². The summed E-state index contributed by atoms with van der Waals surface area (Å²) in [6.07, 6.45) is 14.3. The van der Waals surface area contributed by atoms with Gasteiger partial charge >= 0.3 is 0 Å². The fourth-order valence-electron chi connectivity index (χ4n) is 4.38. The van der Waals surface area contributed by atoms with E-state index in [1.54, 1.807) is 0 Å². The molecule has 3 aliphatic rings. The van der Waals surface area contributed by atoms with Crippen LogP contribution in [-0.4, -0.2) is 29.8 Å². The van der Waals surface area contributed by atoms with E-state index in [0.717, 1.165) is 32.2 Å². The van der Waals surface area contributed by atoms with Crippen molar-refractivity contribution < 1.29 is 9.59 Å². The predicted molar refractivity (Wildman–Crippen MR) is 90.6 cm³/mol. The second-order valence-electron chi connectivity index (χ2n) is 7.32. The SMILES string of the molecule is O=C(NCCC(=O)N1CCCC2CCCC=C21)C1CCCCC1. The minimum Gasteiger partial charge on any atom is -0.355 e. The van der Waals surface area contributed by atoms with Crippen LogP contribution in [0.5, 0.6) is 0 Å². The number of carbonyl (C=O) groups excluding carboxylic acids is 2. The number of allylic oxidation sites excluding steroid dienone is 2. The van der Waals surface area contributed by atoms with Crippen molar-refractivity contribution in [1.29, 1.82) is 0 Å². The number of likely N-dealkylation sites (tertiary alicyclic amines) is 1. The first-order valence-corrected chi connectivity index (χ1v) is 9.54. The number of hydrogen-bond acceptors (Lipinski definition) is 2. The Morgan fingerprint density at radius 2 is 1.83 bits per heavy atom. The van der Waals surface area contributed by atoms with Crippen LogP contribution in [0.1, 0.15) is 70.6 Å². The summed E-state index contributed by atoms with van der Waals surface area (Å²) >= 11 is 0. The molecule has 1 heterocycles. The first-order chi connectivity index (χ1) is 11.3. The Kier molecular flexibility index (Phi) is 5.74. The number of nitrogens with zero attached hydrogens (tertiary/aromatic N) is 1. The van der Waals surface area contributed by atoms with Gasteiger partial charge in [0, 0.05) is 31.1 Å². The van der Waals surface area contributed by atoms with Gasteiger partial charge in [-0.25, -0.2) is 0 Å². The minimum absolute atomic E-state index is 0.158. The lowest BCUT2D eigenvalue weighted by Gasteiger charge is -2.38. The largest absolute Gasteiger partial charge is 0.355 e. The molecular formula is C19H30N2O2. The van der Waals surface area contributed by atoms with E-state index in [1.807, 2.05) is 4.90 Å². The molecule has 1 N–H and O–H groups in total.